The van der Waals surface area contributed by atoms with Crippen molar-refractivity contribution in [1.82, 2.24) is 0 Å². The van der Waals surface area contributed by atoms with E-state index in [0.717, 1.165) is 11.8 Å². The summed E-state index contributed by atoms with van der Waals surface area (Å²) in [5, 5.41) is 1.01. The summed E-state index contributed by atoms with van der Waals surface area (Å²) < 4.78 is 0. The van der Waals surface area contributed by atoms with Crippen LogP contribution in [0.4, 0.5) is 0 Å². The predicted octanol–water partition coefficient (Wildman–Crippen LogP) is 4.91. The molecule has 0 saturated heterocycles. The van der Waals surface area contributed by atoms with Crippen molar-refractivity contribution in [3.05, 3.63) is 59.2 Å². The van der Waals surface area contributed by atoms with Gasteiger partial charge in [-0.1, -0.05) is 64.0 Å². The normalized spacial score (nSPS) is 10.5. The Bertz CT molecular complexity index is 515. The maximum Gasteiger partial charge on any atom is 0.00720 e. The third-order valence-corrected chi connectivity index (χ3v) is 3.46. The first kappa shape index (κ1) is 12.4. The van der Waals surface area contributed by atoms with E-state index in [1.54, 1.807) is 0 Å². The number of rotatable bonds is 3. The van der Waals surface area contributed by atoms with Crippen molar-refractivity contribution in [2.24, 2.45) is 0 Å². The van der Waals surface area contributed by atoms with Crippen LogP contribution < -0.4 is 0 Å². The molecule has 0 atom stereocenters. The molecule has 0 unspecified atom stereocenters. The molecule has 0 saturated carbocycles. The third kappa shape index (κ3) is 2.78. The van der Waals surface area contributed by atoms with Gasteiger partial charge in [0.2, 0.25) is 0 Å². The zero-order valence-electron chi connectivity index (χ0n) is 10.3. The number of hydrogen-bond acceptors (Lipinski definition) is 0. The molecule has 0 aliphatic rings. The van der Waals surface area contributed by atoms with Crippen LogP contribution in [0.3, 0.4) is 0 Å². The SMILES string of the molecule is Cc1ccc(C)c(-c2ccccc2CCBr)c1. The summed E-state index contributed by atoms with van der Waals surface area (Å²) in [6.07, 6.45) is 1.07. The molecular weight excluding hydrogens is 272 g/mol. The van der Waals surface area contributed by atoms with Gasteiger partial charge in [0.15, 0.2) is 0 Å². The molecular formula is C16H17Br. The zero-order chi connectivity index (χ0) is 12.3. The van der Waals surface area contributed by atoms with Crippen LogP contribution in [0.5, 0.6) is 0 Å². The molecule has 1 heteroatoms. The maximum atomic E-state index is 3.53. The van der Waals surface area contributed by atoms with E-state index in [4.69, 9.17) is 0 Å². The Kier molecular flexibility index (Phi) is 4.01. The molecule has 0 aromatic heterocycles. The Labute approximate surface area is 112 Å². The fourth-order valence-electron chi connectivity index (χ4n) is 2.13. The van der Waals surface area contributed by atoms with Gasteiger partial charge in [-0.15, -0.1) is 0 Å². The topological polar surface area (TPSA) is 0 Å². The monoisotopic (exact) mass is 288 g/mol. The molecule has 2 aromatic carbocycles. The number of hydrogen-bond donors (Lipinski definition) is 0. The average Bonchev–Trinajstić information content (AvgIpc) is 2.34. The summed E-state index contributed by atoms with van der Waals surface area (Å²) in [5.74, 6) is 0. The highest BCUT2D eigenvalue weighted by molar-refractivity contribution is 9.09. The van der Waals surface area contributed by atoms with E-state index in [9.17, 15) is 0 Å². The molecule has 0 nitrogen and oxygen atoms in total. The summed E-state index contributed by atoms with van der Waals surface area (Å²) >= 11 is 3.53. The number of alkyl halides is 1. The fourth-order valence-corrected chi connectivity index (χ4v) is 2.56. The van der Waals surface area contributed by atoms with Crippen molar-refractivity contribution in [3.8, 4) is 11.1 Å². The minimum atomic E-state index is 1.01. The highest BCUT2D eigenvalue weighted by Gasteiger charge is 2.06. The van der Waals surface area contributed by atoms with Gasteiger partial charge in [0.25, 0.3) is 0 Å². The maximum absolute atomic E-state index is 3.53. The second-order valence-corrected chi connectivity index (χ2v) is 5.21. The van der Waals surface area contributed by atoms with Crippen LogP contribution in [-0.2, 0) is 6.42 Å². The lowest BCUT2D eigenvalue weighted by Crippen LogP contribution is -1.93. The highest BCUT2D eigenvalue weighted by Crippen LogP contribution is 2.28. The van der Waals surface area contributed by atoms with E-state index in [-0.39, 0.29) is 0 Å². The smallest absolute Gasteiger partial charge is 0.00720 e. The summed E-state index contributed by atoms with van der Waals surface area (Å²) in [4.78, 5) is 0. The molecule has 0 radical (unpaired) electrons. The molecule has 0 aliphatic carbocycles. The van der Waals surface area contributed by atoms with Crippen LogP contribution in [-0.4, -0.2) is 5.33 Å². The Morgan fingerprint density at radius 1 is 0.941 bits per heavy atom. The molecule has 2 rings (SSSR count). The lowest BCUT2D eigenvalue weighted by Gasteiger charge is -2.12. The Hall–Kier alpha value is -1.08. The second-order valence-electron chi connectivity index (χ2n) is 4.41. The first-order chi connectivity index (χ1) is 8.22. The van der Waals surface area contributed by atoms with Crippen molar-refractivity contribution < 1.29 is 0 Å². The molecule has 0 fully saturated rings. The van der Waals surface area contributed by atoms with Crippen molar-refractivity contribution in [2.45, 2.75) is 20.3 Å². The van der Waals surface area contributed by atoms with Crippen LogP contribution in [0.1, 0.15) is 16.7 Å². The quantitative estimate of drug-likeness (QED) is 0.704. The fraction of sp³-hybridized carbons (Fsp3) is 0.250. The predicted molar refractivity (Wildman–Crippen MR) is 78.9 cm³/mol. The molecule has 0 aliphatic heterocycles. The molecule has 0 N–H and O–H groups in total. The summed E-state index contributed by atoms with van der Waals surface area (Å²) in [7, 11) is 0. The van der Waals surface area contributed by atoms with Gasteiger partial charge in [0, 0.05) is 5.33 Å². The lowest BCUT2D eigenvalue weighted by molar-refractivity contribution is 1.17. The standard InChI is InChI=1S/C16H17Br/c1-12-7-8-13(2)16(11-12)15-6-4-3-5-14(15)9-10-17/h3-8,11H,9-10H2,1-2H3. The molecule has 0 heterocycles. The number of benzene rings is 2. The van der Waals surface area contributed by atoms with Crippen LogP contribution >= 0.6 is 15.9 Å². The van der Waals surface area contributed by atoms with Crippen molar-refractivity contribution in [2.75, 3.05) is 5.33 Å². The van der Waals surface area contributed by atoms with E-state index < -0.39 is 0 Å². The Morgan fingerprint density at radius 2 is 1.71 bits per heavy atom. The average molecular weight is 289 g/mol. The van der Waals surface area contributed by atoms with Gasteiger partial charge in [-0.25, -0.2) is 0 Å². The molecule has 88 valence electrons. The van der Waals surface area contributed by atoms with Crippen molar-refractivity contribution in [3.63, 3.8) is 0 Å². The molecule has 0 bridgehead atoms. The summed E-state index contributed by atoms with van der Waals surface area (Å²) in [6, 6.07) is 15.3. The van der Waals surface area contributed by atoms with Gasteiger partial charge >= 0.3 is 0 Å². The minimum absolute atomic E-state index is 1.01. The van der Waals surface area contributed by atoms with Crippen LogP contribution in [0, 0.1) is 13.8 Å². The second kappa shape index (κ2) is 5.50. The van der Waals surface area contributed by atoms with Gasteiger partial charge in [-0.05, 0) is 42.5 Å². The molecule has 0 spiro atoms. The zero-order valence-corrected chi connectivity index (χ0v) is 11.9. The highest BCUT2D eigenvalue weighted by atomic mass is 79.9. The van der Waals surface area contributed by atoms with Gasteiger partial charge in [0.1, 0.15) is 0 Å². The Balaban J connectivity index is 2.55. The van der Waals surface area contributed by atoms with Gasteiger partial charge < -0.3 is 0 Å². The first-order valence-corrected chi connectivity index (χ1v) is 7.06. The van der Waals surface area contributed by atoms with Gasteiger partial charge in [0.05, 0.1) is 0 Å². The minimum Gasteiger partial charge on any atom is -0.0924 e. The van der Waals surface area contributed by atoms with E-state index >= 15 is 0 Å². The van der Waals surface area contributed by atoms with Crippen LogP contribution in [0.2, 0.25) is 0 Å². The van der Waals surface area contributed by atoms with E-state index in [0.29, 0.717) is 0 Å². The number of aryl methyl sites for hydroxylation is 3. The van der Waals surface area contributed by atoms with E-state index in [2.05, 4.69) is 72.2 Å². The molecule has 17 heavy (non-hydrogen) atoms. The lowest BCUT2D eigenvalue weighted by atomic mass is 9.94. The van der Waals surface area contributed by atoms with Gasteiger partial charge in [-0.3, -0.25) is 0 Å². The summed E-state index contributed by atoms with van der Waals surface area (Å²) in [5.41, 5.74) is 6.81. The van der Waals surface area contributed by atoms with Crippen molar-refractivity contribution in [1.29, 1.82) is 0 Å². The Morgan fingerprint density at radius 3 is 2.47 bits per heavy atom. The first-order valence-electron chi connectivity index (χ1n) is 5.94. The largest absolute Gasteiger partial charge is 0.0924 e. The van der Waals surface area contributed by atoms with E-state index in [1.165, 1.54) is 27.8 Å². The van der Waals surface area contributed by atoms with Crippen molar-refractivity contribution >= 4 is 15.9 Å². The summed E-state index contributed by atoms with van der Waals surface area (Å²) in [6.45, 7) is 4.33. The molecule has 2 aromatic rings. The van der Waals surface area contributed by atoms with Crippen LogP contribution in [0.25, 0.3) is 11.1 Å². The van der Waals surface area contributed by atoms with E-state index in [1.807, 2.05) is 0 Å². The van der Waals surface area contributed by atoms with Crippen LogP contribution in [0.15, 0.2) is 42.5 Å². The number of halogens is 1. The third-order valence-electron chi connectivity index (χ3n) is 3.06. The molecule has 0 amide bonds. The van der Waals surface area contributed by atoms with Gasteiger partial charge in [-0.2, -0.15) is 0 Å².